The van der Waals surface area contributed by atoms with Crippen LogP contribution >= 0.6 is 0 Å². The van der Waals surface area contributed by atoms with Gasteiger partial charge in [-0.15, -0.1) is 0 Å². The van der Waals surface area contributed by atoms with Crippen molar-refractivity contribution in [3.8, 4) is 0 Å². The number of aliphatic hydroxyl groups excluding tert-OH is 6. The largest absolute Gasteiger partial charge is 0.479 e. The number of ketones is 1. The zero-order valence-electron chi connectivity index (χ0n) is 31.6. The fraction of sp³-hybridized carbons (Fsp3) is 0.757. The van der Waals surface area contributed by atoms with Crippen molar-refractivity contribution in [3.63, 3.8) is 0 Å². The van der Waals surface area contributed by atoms with Gasteiger partial charge in [0, 0.05) is 30.3 Å². The summed E-state index contributed by atoms with van der Waals surface area (Å²) < 4.78 is 39.6. The molecule has 55 heavy (non-hydrogen) atoms. The SMILES string of the molecule is CC/C(=C\C(=O)O[C@H]1C(=O)O[C@@H]2C[C@H]3[C@H](C)C(=O)C(O[C@@H]4[C@@H](O)[C@H](O)[C@@H](CO)O[C@H]4O)=C[C@]3(C)[C@H]3[C@@H](O)[C@H](O)[C@@]4(C(=O)OC)OC[C@]32[C@@H]14)C(C)(C)OC(C)=O. The predicted octanol–water partition coefficient (Wildman–Crippen LogP) is -1.66. The number of carbonyl (C=O) groups excluding carboxylic acids is 5. The molecule has 5 fully saturated rings. The average molecular weight is 783 g/mol. The Kier molecular flexibility index (Phi) is 10.6. The highest BCUT2D eigenvalue weighted by molar-refractivity contribution is 5.97. The fourth-order valence-corrected chi connectivity index (χ4v) is 10.7. The van der Waals surface area contributed by atoms with Crippen LogP contribution in [-0.4, -0.2) is 147 Å². The minimum Gasteiger partial charge on any atom is -0.479 e. The number of allylic oxidation sites excluding steroid dienone is 2. The van der Waals surface area contributed by atoms with Crippen LogP contribution in [0.5, 0.6) is 0 Å². The molecule has 0 aromatic heterocycles. The molecule has 18 heteroatoms. The van der Waals surface area contributed by atoms with E-state index in [1.165, 1.54) is 13.0 Å². The smallest absolute Gasteiger partial charge is 0.348 e. The van der Waals surface area contributed by atoms with Gasteiger partial charge in [0.15, 0.2) is 23.9 Å². The van der Waals surface area contributed by atoms with Gasteiger partial charge in [0.25, 0.3) is 0 Å². The van der Waals surface area contributed by atoms with Crippen molar-refractivity contribution < 1.29 is 87.8 Å². The number of ether oxygens (including phenoxy) is 7. The Morgan fingerprint density at radius 1 is 1.05 bits per heavy atom. The lowest BCUT2D eigenvalue weighted by Gasteiger charge is -2.67. The van der Waals surface area contributed by atoms with Gasteiger partial charge in [-0.25, -0.2) is 14.4 Å². The van der Waals surface area contributed by atoms with Gasteiger partial charge in [0.1, 0.15) is 36.1 Å². The highest BCUT2D eigenvalue weighted by Crippen LogP contribution is 2.72. The lowest BCUT2D eigenvalue weighted by Crippen LogP contribution is -2.79. The molecule has 6 rings (SSSR count). The van der Waals surface area contributed by atoms with Crippen LogP contribution in [0.1, 0.15) is 54.4 Å². The molecule has 3 aliphatic carbocycles. The molecular formula is C37H50O18. The van der Waals surface area contributed by atoms with Gasteiger partial charge < -0.3 is 63.8 Å². The number of carbonyl (C=O) groups is 5. The number of methoxy groups -OCH3 is 1. The maximum absolute atomic E-state index is 14.0. The van der Waals surface area contributed by atoms with Gasteiger partial charge >= 0.3 is 23.9 Å². The van der Waals surface area contributed by atoms with E-state index in [9.17, 15) is 54.6 Å². The Morgan fingerprint density at radius 3 is 2.33 bits per heavy atom. The van der Waals surface area contributed by atoms with Crippen molar-refractivity contribution in [1.29, 1.82) is 0 Å². The molecule has 306 valence electrons. The molecule has 16 atom stereocenters. The topological polar surface area (TPSA) is 271 Å². The average Bonchev–Trinajstić information content (AvgIpc) is 3.42. The van der Waals surface area contributed by atoms with E-state index in [0.717, 1.165) is 13.2 Å². The zero-order chi connectivity index (χ0) is 40.7. The monoisotopic (exact) mass is 782 g/mol. The first-order chi connectivity index (χ1) is 25.7. The van der Waals surface area contributed by atoms with E-state index in [2.05, 4.69) is 0 Å². The second-order valence-electron chi connectivity index (χ2n) is 16.2. The quantitative estimate of drug-likeness (QED) is 0.0868. The zero-order valence-corrected chi connectivity index (χ0v) is 31.6. The minimum absolute atomic E-state index is 0.0127. The normalized spacial score (nSPS) is 45.0. The highest BCUT2D eigenvalue weighted by atomic mass is 16.7. The first-order valence-corrected chi connectivity index (χ1v) is 18.3. The minimum atomic E-state index is -2.43. The van der Waals surface area contributed by atoms with Crippen molar-refractivity contribution in [2.75, 3.05) is 20.3 Å². The van der Waals surface area contributed by atoms with Crippen LogP contribution in [0.4, 0.5) is 0 Å². The van der Waals surface area contributed by atoms with Crippen molar-refractivity contribution >= 4 is 29.7 Å². The first-order valence-electron chi connectivity index (χ1n) is 18.3. The number of rotatable bonds is 9. The highest BCUT2D eigenvalue weighted by Gasteiger charge is 2.85. The molecule has 0 aromatic carbocycles. The second kappa shape index (κ2) is 14.2. The van der Waals surface area contributed by atoms with Gasteiger partial charge in [-0.05, 0) is 49.7 Å². The third-order valence-corrected chi connectivity index (χ3v) is 13.0. The Bertz CT molecular complexity index is 1670. The predicted molar refractivity (Wildman–Crippen MR) is 179 cm³/mol. The van der Waals surface area contributed by atoms with Crippen LogP contribution in [0.25, 0.3) is 0 Å². The molecule has 0 unspecified atom stereocenters. The third kappa shape index (κ3) is 5.94. The number of fused-ring (bicyclic) bond motifs is 2. The molecular weight excluding hydrogens is 732 g/mol. The van der Waals surface area contributed by atoms with Crippen LogP contribution in [0.3, 0.4) is 0 Å². The Morgan fingerprint density at radius 2 is 1.73 bits per heavy atom. The summed E-state index contributed by atoms with van der Waals surface area (Å²) in [5.74, 6) is -9.15. The second-order valence-corrected chi connectivity index (χ2v) is 16.2. The van der Waals surface area contributed by atoms with E-state index in [1.54, 1.807) is 34.6 Å². The van der Waals surface area contributed by atoms with E-state index >= 15 is 0 Å². The maximum Gasteiger partial charge on any atom is 0.348 e. The maximum atomic E-state index is 14.0. The van der Waals surface area contributed by atoms with E-state index in [4.69, 9.17) is 33.2 Å². The van der Waals surface area contributed by atoms with Crippen LogP contribution < -0.4 is 0 Å². The standard InChI is InChI=1S/C37H50O18/c1-8-16(34(4,5)55-15(3)39)9-21(40)54-27-29-36-13-50-37(29,33(48)49-7)30(45)25(44)28(36)35(6)11-18(22(41)14(2)17(35)10-20(36)53-32(27)47)51-26-24(43)23(42)19(12-38)52-31(26)46/h9,11,14,17,19-20,23-31,38,42-46H,8,10,12-13H2,1-7H3/b16-9+/t14-,17-,19+,20+,23+,24-,25+,26+,27+,28+,29+,30-,31+,35-,36+,37-/m0/s1. The van der Waals surface area contributed by atoms with Crippen molar-refractivity contribution in [1.82, 2.24) is 0 Å². The summed E-state index contributed by atoms with van der Waals surface area (Å²) in [4.78, 5) is 67.1. The van der Waals surface area contributed by atoms with Gasteiger partial charge in [0.05, 0.1) is 32.3 Å². The molecule has 2 bridgehead atoms. The van der Waals surface area contributed by atoms with Gasteiger partial charge in [-0.2, -0.15) is 0 Å². The Balaban J connectivity index is 1.46. The molecule has 0 amide bonds. The van der Waals surface area contributed by atoms with E-state index in [0.29, 0.717) is 5.57 Å². The molecule has 6 N–H and O–H groups in total. The van der Waals surface area contributed by atoms with Crippen LogP contribution in [0.2, 0.25) is 0 Å². The summed E-state index contributed by atoms with van der Waals surface area (Å²) in [6.45, 7) is 8.19. The van der Waals surface area contributed by atoms with Gasteiger partial charge in [0.2, 0.25) is 11.7 Å². The van der Waals surface area contributed by atoms with E-state index < -0.39 is 144 Å². The summed E-state index contributed by atoms with van der Waals surface area (Å²) in [6.07, 6.45) is -12.7. The molecule has 3 heterocycles. The fourth-order valence-electron chi connectivity index (χ4n) is 10.7. The van der Waals surface area contributed by atoms with Crippen LogP contribution in [-0.2, 0) is 57.1 Å². The Hall–Kier alpha value is -3.49. The van der Waals surface area contributed by atoms with E-state index in [-0.39, 0.29) is 18.6 Å². The van der Waals surface area contributed by atoms with Crippen molar-refractivity contribution in [2.24, 2.45) is 34.5 Å². The van der Waals surface area contributed by atoms with Gasteiger partial charge in [-0.3, -0.25) is 9.59 Å². The molecule has 0 aromatic rings. The number of Topliss-reactive ketones (excluding diaryl/α,β-unsaturated/α-hetero) is 1. The summed E-state index contributed by atoms with van der Waals surface area (Å²) in [5, 5.41) is 65.6. The van der Waals surface area contributed by atoms with Crippen molar-refractivity contribution in [2.45, 2.75) is 121 Å². The van der Waals surface area contributed by atoms with Gasteiger partial charge in [-0.1, -0.05) is 20.8 Å². The number of esters is 4. The molecule has 1 spiro atoms. The third-order valence-electron chi connectivity index (χ3n) is 13.0. The molecule has 3 aliphatic heterocycles. The Labute approximate surface area is 316 Å². The lowest BCUT2D eigenvalue weighted by atomic mass is 9.38. The molecule has 18 nitrogen and oxygen atoms in total. The molecule has 6 aliphatic rings. The molecule has 3 saturated heterocycles. The molecule has 0 radical (unpaired) electrons. The first kappa shape index (κ1) is 41.2. The summed E-state index contributed by atoms with van der Waals surface area (Å²) >= 11 is 0. The van der Waals surface area contributed by atoms with Crippen molar-refractivity contribution in [3.05, 3.63) is 23.5 Å². The summed E-state index contributed by atoms with van der Waals surface area (Å²) in [6, 6.07) is 0. The van der Waals surface area contributed by atoms with E-state index in [1.807, 2.05) is 0 Å². The number of hydrogen-bond acceptors (Lipinski definition) is 18. The van der Waals surface area contributed by atoms with Crippen LogP contribution in [0.15, 0.2) is 23.5 Å². The molecule has 2 saturated carbocycles. The number of aliphatic hydroxyl groups is 6. The van der Waals surface area contributed by atoms with Crippen LogP contribution in [0, 0.1) is 34.5 Å². The lowest BCUT2D eigenvalue weighted by molar-refractivity contribution is -0.294. The summed E-state index contributed by atoms with van der Waals surface area (Å²) in [5.41, 5.74) is -6.27. The summed E-state index contributed by atoms with van der Waals surface area (Å²) in [7, 11) is 1.03. The number of hydrogen-bond donors (Lipinski definition) is 6.